The van der Waals surface area contributed by atoms with Crippen LogP contribution in [0.5, 0.6) is 11.5 Å². The average molecular weight is 484 g/mol. The molecule has 34 heavy (non-hydrogen) atoms. The van der Waals surface area contributed by atoms with E-state index in [2.05, 4.69) is 9.97 Å². The van der Waals surface area contributed by atoms with Gasteiger partial charge in [0, 0.05) is 23.9 Å². The number of anilines is 3. The summed E-state index contributed by atoms with van der Waals surface area (Å²) in [7, 11) is -3.81. The Kier molecular flexibility index (Phi) is 6.52. The Hall–Kier alpha value is -3.53. The van der Waals surface area contributed by atoms with Crippen LogP contribution in [0, 0.1) is 6.92 Å². The molecule has 1 aliphatic rings. The van der Waals surface area contributed by atoms with Crippen LogP contribution in [0.1, 0.15) is 42.9 Å². The fourth-order valence-corrected chi connectivity index (χ4v) is 5.27. The molecule has 0 amide bonds. The SMILES string of the molecule is CCOc1cc(Cc2cnc(N)nc2N)cc(OS(=O)(=O)C2CCC2)c1-c1ccc(N)c(C)c1. The lowest BCUT2D eigenvalue weighted by molar-refractivity contribution is 0.340. The van der Waals surface area contributed by atoms with Gasteiger partial charge in [0.2, 0.25) is 5.95 Å². The first-order chi connectivity index (χ1) is 16.2. The van der Waals surface area contributed by atoms with E-state index >= 15 is 0 Å². The minimum Gasteiger partial charge on any atom is -0.493 e. The Morgan fingerprint density at radius 1 is 1.09 bits per heavy atom. The van der Waals surface area contributed by atoms with Crippen molar-refractivity contribution in [3.63, 3.8) is 0 Å². The highest BCUT2D eigenvalue weighted by Gasteiger charge is 2.34. The summed E-state index contributed by atoms with van der Waals surface area (Å²) in [5.74, 6) is 1.04. The van der Waals surface area contributed by atoms with Crippen LogP contribution in [0.4, 0.5) is 17.5 Å². The van der Waals surface area contributed by atoms with Gasteiger partial charge in [0.25, 0.3) is 0 Å². The van der Waals surface area contributed by atoms with Crippen molar-refractivity contribution in [2.75, 3.05) is 23.8 Å². The van der Waals surface area contributed by atoms with E-state index in [0.29, 0.717) is 48.4 Å². The van der Waals surface area contributed by atoms with Crippen molar-refractivity contribution in [1.82, 2.24) is 9.97 Å². The third-order valence-corrected chi connectivity index (χ3v) is 7.66. The van der Waals surface area contributed by atoms with Gasteiger partial charge in [-0.05, 0) is 67.6 Å². The van der Waals surface area contributed by atoms with Crippen molar-refractivity contribution in [2.45, 2.75) is 44.8 Å². The predicted molar refractivity (Wildman–Crippen MR) is 133 cm³/mol. The first-order valence-corrected chi connectivity index (χ1v) is 12.6. The van der Waals surface area contributed by atoms with Crippen molar-refractivity contribution < 1.29 is 17.3 Å². The first kappa shape index (κ1) is 23.6. The maximum Gasteiger partial charge on any atom is 0.312 e. The molecule has 1 aromatic heterocycles. The van der Waals surface area contributed by atoms with Gasteiger partial charge in [0.1, 0.15) is 11.6 Å². The Balaban J connectivity index is 1.86. The van der Waals surface area contributed by atoms with E-state index in [0.717, 1.165) is 23.1 Å². The van der Waals surface area contributed by atoms with Crippen molar-refractivity contribution >= 4 is 27.6 Å². The molecule has 9 nitrogen and oxygen atoms in total. The van der Waals surface area contributed by atoms with Gasteiger partial charge in [-0.2, -0.15) is 13.4 Å². The summed E-state index contributed by atoms with van der Waals surface area (Å²) in [5.41, 5.74) is 21.8. The third kappa shape index (κ3) is 4.86. The molecule has 0 bridgehead atoms. The molecule has 4 rings (SSSR count). The highest BCUT2D eigenvalue weighted by Crippen LogP contribution is 2.43. The Labute approximate surface area is 199 Å². The van der Waals surface area contributed by atoms with Crippen molar-refractivity contribution in [3.8, 4) is 22.6 Å². The monoisotopic (exact) mass is 483 g/mol. The quantitative estimate of drug-likeness (QED) is 0.322. The standard InChI is InChI=1S/C24H29N5O4S/c1-3-32-20-11-15(10-17-13-28-24(27)29-23(17)26)12-21(33-34(30,31)18-5-4-6-18)22(20)16-7-8-19(25)14(2)9-16/h7-9,11-13,18H,3-6,10,25H2,1-2H3,(H4,26,27,28,29). The number of aryl methyl sites for hydroxylation is 1. The number of ether oxygens (including phenoxy) is 1. The van der Waals surface area contributed by atoms with Gasteiger partial charge in [-0.25, -0.2) is 4.98 Å². The molecule has 0 atom stereocenters. The molecule has 0 radical (unpaired) electrons. The number of hydrogen-bond acceptors (Lipinski definition) is 9. The Bertz CT molecular complexity index is 1320. The molecule has 10 heteroatoms. The van der Waals surface area contributed by atoms with Gasteiger partial charge in [-0.15, -0.1) is 0 Å². The molecule has 0 aliphatic heterocycles. The van der Waals surface area contributed by atoms with Crippen LogP contribution in [-0.2, 0) is 16.5 Å². The molecular formula is C24H29N5O4S. The molecule has 6 N–H and O–H groups in total. The summed E-state index contributed by atoms with van der Waals surface area (Å²) in [4.78, 5) is 8.03. The highest BCUT2D eigenvalue weighted by atomic mass is 32.2. The number of benzene rings is 2. The van der Waals surface area contributed by atoms with Crippen LogP contribution in [0.25, 0.3) is 11.1 Å². The normalized spacial score (nSPS) is 13.9. The zero-order valence-electron chi connectivity index (χ0n) is 19.2. The van der Waals surface area contributed by atoms with E-state index in [9.17, 15) is 8.42 Å². The van der Waals surface area contributed by atoms with Crippen molar-refractivity contribution in [3.05, 3.63) is 53.2 Å². The second-order valence-corrected chi connectivity index (χ2v) is 10.2. The van der Waals surface area contributed by atoms with Crippen LogP contribution in [0.3, 0.4) is 0 Å². The predicted octanol–water partition coefficient (Wildman–Crippen LogP) is 3.45. The van der Waals surface area contributed by atoms with Crippen LogP contribution in [0.2, 0.25) is 0 Å². The van der Waals surface area contributed by atoms with E-state index in [1.165, 1.54) is 0 Å². The lowest BCUT2D eigenvalue weighted by atomic mass is 9.97. The minimum absolute atomic E-state index is 0.0842. The Morgan fingerprint density at radius 3 is 2.44 bits per heavy atom. The molecule has 1 saturated carbocycles. The zero-order valence-corrected chi connectivity index (χ0v) is 20.1. The van der Waals surface area contributed by atoms with Crippen LogP contribution < -0.4 is 26.1 Å². The minimum atomic E-state index is -3.81. The van der Waals surface area contributed by atoms with Gasteiger partial charge in [-0.3, -0.25) is 0 Å². The summed E-state index contributed by atoms with van der Waals surface area (Å²) >= 11 is 0. The summed E-state index contributed by atoms with van der Waals surface area (Å²) in [6, 6.07) is 9.06. The molecular weight excluding hydrogens is 454 g/mol. The van der Waals surface area contributed by atoms with Crippen LogP contribution in [-0.4, -0.2) is 30.2 Å². The highest BCUT2D eigenvalue weighted by molar-refractivity contribution is 7.87. The fourth-order valence-electron chi connectivity index (χ4n) is 3.84. The molecule has 0 spiro atoms. The maximum absolute atomic E-state index is 13.0. The first-order valence-electron chi connectivity index (χ1n) is 11.1. The van der Waals surface area contributed by atoms with E-state index in [1.807, 2.05) is 32.0 Å². The second kappa shape index (κ2) is 9.38. The van der Waals surface area contributed by atoms with E-state index in [-0.39, 0.29) is 17.5 Å². The molecule has 1 fully saturated rings. The van der Waals surface area contributed by atoms with Gasteiger partial charge < -0.3 is 26.1 Å². The smallest absolute Gasteiger partial charge is 0.312 e. The molecule has 180 valence electrons. The number of hydrogen-bond donors (Lipinski definition) is 3. The zero-order chi connectivity index (χ0) is 24.5. The largest absolute Gasteiger partial charge is 0.493 e. The van der Waals surface area contributed by atoms with Crippen LogP contribution in [0.15, 0.2) is 36.5 Å². The number of nitrogens with zero attached hydrogens (tertiary/aromatic N) is 2. The maximum atomic E-state index is 13.0. The van der Waals surface area contributed by atoms with E-state index in [4.69, 9.17) is 26.1 Å². The topological polar surface area (TPSA) is 156 Å². The number of rotatable bonds is 8. The van der Waals surface area contributed by atoms with Gasteiger partial charge >= 0.3 is 10.1 Å². The molecule has 1 aliphatic carbocycles. The number of nitrogen functional groups attached to an aromatic ring is 3. The second-order valence-electron chi connectivity index (χ2n) is 8.42. The summed E-state index contributed by atoms with van der Waals surface area (Å²) in [6.45, 7) is 4.14. The van der Waals surface area contributed by atoms with Crippen LogP contribution >= 0.6 is 0 Å². The molecule has 0 saturated heterocycles. The molecule has 0 unspecified atom stereocenters. The lowest BCUT2D eigenvalue weighted by Gasteiger charge is -2.26. The Morgan fingerprint density at radius 2 is 1.82 bits per heavy atom. The number of aromatic nitrogens is 2. The molecule has 3 aromatic rings. The van der Waals surface area contributed by atoms with E-state index in [1.54, 1.807) is 18.3 Å². The van der Waals surface area contributed by atoms with Gasteiger partial charge in [0.15, 0.2) is 5.75 Å². The number of nitrogens with two attached hydrogens (primary N) is 3. The van der Waals surface area contributed by atoms with Gasteiger partial charge in [-0.1, -0.05) is 12.5 Å². The fraction of sp³-hybridized carbons (Fsp3) is 0.333. The molecule has 1 heterocycles. The lowest BCUT2D eigenvalue weighted by Crippen LogP contribution is -2.32. The third-order valence-electron chi connectivity index (χ3n) is 5.96. The average Bonchev–Trinajstić information content (AvgIpc) is 2.70. The summed E-state index contributed by atoms with van der Waals surface area (Å²) in [5, 5.41) is -0.506. The summed E-state index contributed by atoms with van der Waals surface area (Å²) in [6.07, 6.45) is 3.96. The van der Waals surface area contributed by atoms with E-state index < -0.39 is 15.4 Å². The van der Waals surface area contributed by atoms with Crippen molar-refractivity contribution in [2.24, 2.45) is 0 Å². The van der Waals surface area contributed by atoms with Crippen molar-refractivity contribution in [1.29, 1.82) is 0 Å². The molecule has 2 aromatic carbocycles. The summed E-state index contributed by atoms with van der Waals surface area (Å²) < 4.78 is 37.7. The van der Waals surface area contributed by atoms with Gasteiger partial charge in [0.05, 0.1) is 17.4 Å².